The Bertz CT molecular complexity index is 792. The highest BCUT2D eigenvalue weighted by molar-refractivity contribution is 5.83. The van der Waals surface area contributed by atoms with Crippen LogP contribution >= 0.6 is 0 Å². The first kappa shape index (κ1) is 23.6. The van der Waals surface area contributed by atoms with Crippen molar-refractivity contribution in [2.75, 3.05) is 0 Å². The zero-order valence-corrected chi connectivity index (χ0v) is 16.3. The van der Waals surface area contributed by atoms with Gasteiger partial charge in [-0.2, -0.15) is 0 Å². The van der Waals surface area contributed by atoms with Crippen molar-refractivity contribution in [3.05, 3.63) is 35.9 Å². The predicted octanol–water partition coefficient (Wildman–Crippen LogP) is 3.25. The Balaban J connectivity index is 0.000000447. The Hall–Kier alpha value is -3.42. The molecule has 0 bridgehead atoms. The minimum atomic E-state index is -0.996. The number of phenolic OH excluding ortho intramolecular Hbond substituents is 4. The molecule has 8 heteroatoms. The number of phenols is 4. The summed E-state index contributed by atoms with van der Waals surface area (Å²) in [6.45, 7) is 2.05. The lowest BCUT2D eigenvalue weighted by Gasteiger charge is -2.15. The first-order valence-corrected chi connectivity index (χ1v) is 9.24. The molecule has 158 valence electrons. The number of rotatable bonds is 8. The van der Waals surface area contributed by atoms with Crippen molar-refractivity contribution in [1.29, 1.82) is 0 Å². The SMILES string of the molecule is CCCCCc1c(O)c(O)c(-c2ccccc2)c(O)c1O.NC(=O)CCC(=O)O. The molecule has 2 aromatic carbocycles. The number of carbonyl (C=O) groups is 2. The number of carboxylic acids is 1. The monoisotopic (exact) mass is 405 g/mol. The van der Waals surface area contributed by atoms with E-state index in [1.54, 1.807) is 30.3 Å². The number of aliphatic carboxylic acids is 1. The summed E-state index contributed by atoms with van der Waals surface area (Å²) < 4.78 is 0. The summed E-state index contributed by atoms with van der Waals surface area (Å²) in [7, 11) is 0. The molecule has 1 amide bonds. The summed E-state index contributed by atoms with van der Waals surface area (Å²) in [5, 5.41) is 48.5. The molecule has 29 heavy (non-hydrogen) atoms. The highest BCUT2D eigenvalue weighted by Crippen LogP contribution is 2.51. The molecule has 8 nitrogen and oxygen atoms in total. The number of nitrogens with two attached hydrogens (primary N) is 1. The molecule has 0 saturated carbocycles. The second-order valence-electron chi connectivity index (χ2n) is 6.43. The number of primary amides is 1. The summed E-state index contributed by atoms with van der Waals surface area (Å²) in [5.74, 6) is -3.09. The van der Waals surface area contributed by atoms with Crippen LogP contribution in [0.4, 0.5) is 0 Å². The molecule has 0 spiro atoms. The number of hydrogen-bond acceptors (Lipinski definition) is 6. The van der Waals surface area contributed by atoms with Gasteiger partial charge < -0.3 is 31.3 Å². The molecule has 0 aliphatic heterocycles. The maximum Gasteiger partial charge on any atom is 0.303 e. The number of carbonyl (C=O) groups excluding carboxylic acids is 1. The van der Waals surface area contributed by atoms with Crippen LogP contribution in [0.1, 0.15) is 44.6 Å². The molecular weight excluding hydrogens is 378 g/mol. The van der Waals surface area contributed by atoms with Crippen LogP contribution in [-0.4, -0.2) is 37.4 Å². The van der Waals surface area contributed by atoms with Crippen molar-refractivity contribution >= 4 is 11.9 Å². The topological polar surface area (TPSA) is 161 Å². The van der Waals surface area contributed by atoms with Gasteiger partial charge in [0.15, 0.2) is 23.0 Å². The van der Waals surface area contributed by atoms with Gasteiger partial charge in [-0.05, 0) is 18.4 Å². The molecule has 0 aromatic heterocycles. The third-order valence-corrected chi connectivity index (χ3v) is 4.17. The quantitative estimate of drug-likeness (QED) is 0.223. The summed E-state index contributed by atoms with van der Waals surface area (Å²) in [5.41, 5.74) is 5.40. The molecule has 0 atom stereocenters. The van der Waals surface area contributed by atoms with Gasteiger partial charge in [-0.25, -0.2) is 0 Å². The van der Waals surface area contributed by atoms with Gasteiger partial charge in [-0.1, -0.05) is 50.1 Å². The highest BCUT2D eigenvalue weighted by Gasteiger charge is 2.23. The molecule has 2 rings (SSSR count). The smallest absolute Gasteiger partial charge is 0.303 e. The highest BCUT2D eigenvalue weighted by atomic mass is 16.4. The Labute approximate surface area is 168 Å². The molecule has 0 saturated heterocycles. The van der Waals surface area contributed by atoms with E-state index in [9.17, 15) is 30.0 Å². The van der Waals surface area contributed by atoms with Gasteiger partial charge in [-0.15, -0.1) is 0 Å². The van der Waals surface area contributed by atoms with Crippen LogP contribution in [0.25, 0.3) is 11.1 Å². The number of unbranched alkanes of at least 4 members (excludes halogenated alkanes) is 2. The van der Waals surface area contributed by atoms with Crippen molar-refractivity contribution in [3.8, 4) is 34.1 Å². The van der Waals surface area contributed by atoms with Crippen molar-refractivity contribution in [2.45, 2.75) is 45.4 Å². The standard InChI is InChI=1S/C17H20O4.C4H7NO3/c1-2-3-5-10-12-14(18)16(20)13(17(21)15(12)19)11-8-6-4-7-9-11;5-3(6)1-2-4(7)8/h4,6-9,18-21H,2-3,5,10H2,1H3;1-2H2,(H2,5,6)(H,7,8). The lowest BCUT2D eigenvalue weighted by Crippen LogP contribution is -2.12. The molecule has 0 heterocycles. The number of carboxylic acid groups (broad SMARTS) is 1. The summed E-state index contributed by atoms with van der Waals surface area (Å²) in [6, 6.07) is 8.67. The van der Waals surface area contributed by atoms with Crippen LogP contribution in [-0.2, 0) is 16.0 Å². The first-order chi connectivity index (χ1) is 13.7. The van der Waals surface area contributed by atoms with Gasteiger partial charge in [0.25, 0.3) is 0 Å². The third kappa shape index (κ3) is 6.91. The van der Waals surface area contributed by atoms with Gasteiger partial charge >= 0.3 is 5.97 Å². The third-order valence-electron chi connectivity index (χ3n) is 4.17. The minimum absolute atomic E-state index is 0.0461. The fourth-order valence-corrected chi connectivity index (χ4v) is 2.64. The van der Waals surface area contributed by atoms with Crippen molar-refractivity contribution < 1.29 is 35.1 Å². The molecule has 2 aromatic rings. The molecule has 7 N–H and O–H groups in total. The largest absolute Gasteiger partial charge is 0.504 e. The second kappa shape index (κ2) is 11.4. The summed E-state index contributed by atoms with van der Waals surface area (Å²) >= 11 is 0. The van der Waals surface area contributed by atoms with E-state index in [0.29, 0.717) is 12.0 Å². The number of benzene rings is 2. The zero-order valence-electron chi connectivity index (χ0n) is 16.3. The lowest BCUT2D eigenvalue weighted by atomic mass is 9.96. The zero-order chi connectivity index (χ0) is 22.0. The maximum absolute atomic E-state index is 10.2. The summed E-state index contributed by atoms with van der Waals surface area (Å²) in [4.78, 5) is 19.6. The molecule has 0 aliphatic rings. The lowest BCUT2D eigenvalue weighted by molar-refractivity contribution is -0.138. The van der Waals surface area contributed by atoms with E-state index in [1.165, 1.54) is 0 Å². The average molecular weight is 405 g/mol. The van der Waals surface area contributed by atoms with Crippen LogP contribution in [0.15, 0.2) is 30.3 Å². The van der Waals surface area contributed by atoms with E-state index < -0.39 is 23.4 Å². The summed E-state index contributed by atoms with van der Waals surface area (Å²) in [6.07, 6.45) is 2.87. The van der Waals surface area contributed by atoms with Gasteiger partial charge in [0.1, 0.15) is 0 Å². The predicted molar refractivity (Wildman–Crippen MR) is 108 cm³/mol. The van der Waals surface area contributed by atoms with Gasteiger partial charge in [-0.3, -0.25) is 9.59 Å². The van der Waals surface area contributed by atoms with Crippen molar-refractivity contribution in [2.24, 2.45) is 5.73 Å². The van der Waals surface area contributed by atoms with Crippen LogP contribution in [0.2, 0.25) is 0 Å². The number of hydrogen-bond donors (Lipinski definition) is 6. The Morgan fingerprint density at radius 1 is 0.862 bits per heavy atom. The van der Waals surface area contributed by atoms with Crippen LogP contribution in [0.3, 0.4) is 0 Å². The van der Waals surface area contributed by atoms with Crippen molar-refractivity contribution in [3.63, 3.8) is 0 Å². The van der Waals surface area contributed by atoms with Gasteiger partial charge in [0, 0.05) is 12.0 Å². The van der Waals surface area contributed by atoms with Crippen molar-refractivity contribution in [1.82, 2.24) is 0 Å². The van der Waals surface area contributed by atoms with E-state index in [2.05, 4.69) is 5.73 Å². The first-order valence-electron chi connectivity index (χ1n) is 9.24. The van der Waals surface area contributed by atoms with Gasteiger partial charge in [0.2, 0.25) is 5.91 Å². The molecule has 0 aliphatic carbocycles. The van der Waals surface area contributed by atoms with Gasteiger partial charge in [0.05, 0.1) is 12.0 Å². The molecular formula is C21H27NO7. The normalized spacial score (nSPS) is 10.1. The second-order valence-corrected chi connectivity index (χ2v) is 6.43. The average Bonchev–Trinajstić information content (AvgIpc) is 2.69. The fraction of sp³-hybridized carbons (Fsp3) is 0.333. The van der Waals surface area contributed by atoms with Crippen LogP contribution < -0.4 is 5.73 Å². The van der Waals surface area contributed by atoms with E-state index >= 15 is 0 Å². The van der Waals surface area contributed by atoms with E-state index in [4.69, 9.17) is 5.11 Å². The molecule has 0 fully saturated rings. The molecule has 0 unspecified atom stereocenters. The van der Waals surface area contributed by atoms with Crippen LogP contribution in [0.5, 0.6) is 23.0 Å². The number of aromatic hydroxyl groups is 4. The minimum Gasteiger partial charge on any atom is -0.504 e. The number of amides is 1. The maximum atomic E-state index is 10.2. The van der Waals surface area contributed by atoms with E-state index in [0.717, 1.165) is 19.3 Å². The Morgan fingerprint density at radius 2 is 1.41 bits per heavy atom. The van der Waals surface area contributed by atoms with E-state index in [1.807, 2.05) is 6.92 Å². The Morgan fingerprint density at radius 3 is 1.83 bits per heavy atom. The molecule has 0 radical (unpaired) electrons. The van der Waals surface area contributed by atoms with E-state index in [-0.39, 0.29) is 35.5 Å². The Kier molecular flexibility index (Phi) is 9.31. The van der Waals surface area contributed by atoms with Crippen LogP contribution in [0, 0.1) is 0 Å². The fourth-order valence-electron chi connectivity index (χ4n) is 2.64.